The van der Waals surface area contributed by atoms with Gasteiger partial charge in [0.25, 0.3) is 0 Å². The first-order valence-corrected chi connectivity index (χ1v) is 12.1. The van der Waals surface area contributed by atoms with Gasteiger partial charge in [-0.1, -0.05) is 68.8 Å². The van der Waals surface area contributed by atoms with Crippen molar-refractivity contribution in [1.29, 1.82) is 0 Å². The quantitative estimate of drug-likeness (QED) is 0.183. The first-order valence-electron chi connectivity index (χ1n) is 12.1. The molecule has 0 aliphatic heterocycles. The molecule has 0 saturated carbocycles. The van der Waals surface area contributed by atoms with Crippen LogP contribution in [0.25, 0.3) is 22.3 Å². The number of hydrogen-bond donors (Lipinski definition) is 0. The molecule has 5 heteroatoms. The van der Waals surface area contributed by atoms with Crippen molar-refractivity contribution in [2.75, 3.05) is 0 Å². The molecule has 0 amide bonds. The molecule has 4 aromatic carbocycles. The van der Waals surface area contributed by atoms with Crippen molar-refractivity contribution in [1.82, 2.24) is 0 Å². The van der Waals surface area contributed by atoms with Crippen LogP contribution < -0.4 is 4.74 Å². The molecule has 0 radical (unpaired) electrons. The highest BCUT2D eigenvalue weighted by Gasteiger charge is 2.19. The van der Waals surface area contributed by atoms with Crippen LogP contribution >= 0.6 is 0 Å². The number of hydrogen-bond acceptors (Lipinski definition) is 2. The molecule has 0 N–H and O–H groups in total. The van der Waals surface area contributed by atoms with E-state index in [0.717, 1.165) is 36.8 Å². The summed E-state index contributed by atoms with van der Waals surface area (Å²) >= 11 is 0. The zero-order valence-corrected chi connectivity index (χ0v) is 20.3. The minimum absolute atomic E-state index is 0.0852. The highest BCUT2D eigenvalue weighted by molar-refractivity contribution is 5.91. The zero-order valence-electron chi connectivity index (χ0n) is 20.3. The summed E-state index contributed by atoms with van der Waals surface area (Å²) in [5, 5.41) is 0. The largest absolute Gasteiger partial charge is 0.420 e. The molecular formula is C31H27F3O2. The minimum Gasteiger partial charge on any atom is -0.420 e. The van der Waals surface area contributed by atoms with Crippen LogP contribution in [0, 0.1) is 17.5 Å². The molecule has 0 saturated heterocycles. The second kappa shape index (κ2) is 11.3. The van der Waals surface area contributed by atoms with Crippen LogP contribution in [0.15, 0.2) is 78.9 Å². The molecule has 0 aliphatic carbocycles. The highest BCUT2D eigenvalue weighted by Crippen LogP contribution is 2.31. The lowest BCUT2D eigenvalue weighted by Gasteiger charge is -2.10. The summed E-state index contributed by atoms with van der Waals surface area (Å²) in [6.45, 7) is 4.10. The molecule has 0 fully saturated rings. The average molecular weight is 489 g/mol. The van der Waals surface area contributed by atoms with E-state index >= 15 is 0 Å². The zero-order chi connectivity index (χ0) is 25.7. The molecule has 0 spiro atoms. The van der Waals surface area contributed by atoms with E-state index in [0.29, 0.717) is 16.7 Å². The molecule has 0 aromatic heterocycles. The van der Waals surface area contributed by atoms with E-state index in [1.807, 2.05) is 25.1 Å². The van der Waals surface area contributed by atoms with Gasteiger partial charge in [-0.2, -0.15) is 4.39 Å². The van der Waals surface area contributed by atoms with Crippen molar-refractivity contribution in [3.05, 3.63) is 113 Å². The second-order valence-electron chi connectivity index (χ2n) is 8.67. The van der Waals surface area contributed by atoms with Gasteiger partial charge in [-0.3, -0.25) is 0 Å². The highest BCUT2D eigenvalue weighted by atomic mass is 19.2. The van der Waals surface area contributed by atoms with Crippen LogP contribution in [0.3, 0.4) is 0 Å². The van der Waals surface area contributed by atoms with Gasteiger partial charge >= 0.3 is 5.97 Å². The number of esters is 1. The van der Waals surface area contributed by atoms with Crippen LogP contribution in [0.2, 0.25) is 0 Å². The van der Waals surface area contributed by atoms with E-state index in [2.05, 4.69) is 6.92 Å². The maximum Gasteiger partial charge on any atom is 0.343 e. The Bertz CT molecular complexity index is 1360. The van der Waals surface area contributed by atoms with Gasteiger partial charge in [0.1, 0.15) is 5.82 Å². The lowest BCUT2D eigenvalue weighted by molar-refractivity contribution is 0.0727. The molecule has 4 rings (SSSR count). The summed E-state index contributed by atoms with van der Waals surface area (Å²) < 4.78 is 49.2. The molecule has 36 heavy (non-hydrogen) atoms. The first-order chi connectivity index (χ1) is 17.4. The minimum atomic E-state index is -1.23. The monoisotopic (exact) mass is 488 g/mol. The van der Waals surface area contributed by atoms with E-state index in [4.69, 9.17) is 4.74 Å². The number of rotatable bonds is 8. The predicted octanol–water partition coefficient (Wildman–Crippen LogP) is 8.56. The van der Waals surface area contributed by atoms with Gasteiger partial charge in [-0.15, -0.1) is 0 Å². The fraction of sp³-hybridized carbons (Fsp3) is 0.194. The van der Waals surface area contributed by atoms with Crippen LogP contribution in [-0.2, 0) is 12.8 Å². The van der Waals surface area contributed by atoms with E-state index in [-0.39, 0.29) is 16.9 Å². The van der Waals surface area contributed by atoms with E-state index < -0.39 is 23.4 Å². The lowest BCUT2D eigenvalue weighted by Crippen LogP contribution is -2.10. The third-order valence-electron chi connectivity index (χ3n) is 6.21. The molecule has 0 atom stereocenters. The van der Waals surface area contributed by atoms with E-state index in [1.165, 1.54) is 30.3 Å². The van der Waals surface area contributed by atoms with Gasteiger partial charge in [0, 0.05) is 11.1 Å². The van der Waals surface area contributed by atoms with Crippen molar-refractivity contribution >= 4 is 5.97 Å². The first kappa shape index (κ1) is 25.2. The molecule has 0 heterocycles. The second-order valence-corrected chi connectivity index (χ2v) is 8.67. The topological polar surface area (TPSA) is 26.3 Å². The standard InChI is InChI=1S/C31H27F3O2/c1-3-5-6-21-9-16-25(27(32)19-21)22-12-14-24(15-13-22)31(35)36-28-18-17-26(29(33)30(28)34)23-10-7-20(4-2)8-11-23/h7-19H,3-6H2,1-2H3. The van der Waals surface area contributed by atoms with Crippen molar-refractivity contribution in [2.45, 2.75) is 39.5 Å². The van der Waals surface area contributed by atoms with Crippen molar-refractivity contribution < 1.29 is 22.7 Å². The summed E-state index contributed by atoms with van der Waals surface area (Å²) in [5.74, 6) is -3.99. The van der Waals surface area contributed by atoms with E-state index in [1.54, 1.807) is 30.3 Å². The smallest absolute Gasteiger partial charge is 0.343 e. The maximum atomic E-state index is 14.8. The fourth-order valence-corrected chi connectivity index (χ4v) is 4.03. The molecule has 0 unspecified atom stereocenters. The molecule has 2 nitrogen and oxygen atoms in total. The number of carbonyl (C=O) groups excluding carboxylic acids is 1. The Morgan fingerprint density at radius 3 is 1.97 bits per heavy atom. The summed E-state index contributed by atoms with van der Waals surface area (Å²) in [4.78, 5) is 12.6. The molecule has 184 valence electrons. The molecular weight excluding hydrogens is 461 g/mol. The number of ether oxygens (including phenoxy) is 1. The van der Waals surface area contributed by atoms with Gasteiger partial charge in [0.05, 0.1) is 5.56 Å². The van der Waals surface area contributed by atoms with Crippen LogP contribution in [0.4, 0.5) is 13.2 Å². The number of benzene rings is 4. The lowest BCUT2D eigenvalue weighted by atomic mass is 10.00. The van der Waals surface area contributed by atoms with Crippen molar-refractivity contribution in [3.63, 3.8) is 0 Å². The number of unbranched alkanes of at least 4 members (excludes halogenated alkanes) is 1. The van der Waals surface area contributed by atoms with Crippen LogP contribution in [0.1, 0.15) is 48.2 Å². The van der Waals surface area contributed by atoms with E-state index in [9.17, 15) is 18.0 Å². The number of halogens is 3. The third-order valence-corrected chi connectivity index (χ3v) is 6.21. The number of carbonyl (C=O) groups is 1. The Morgan fingerprint density at radius 1 is 0.722 bits per heavy atom. The molecule has 0 bridgehead atoms. The average Bonchev–Trinajstić information content (AvgIpc) is 2.90. The Labute approximate surface area is 209 Å². The van der Waals surface area contributed by atoms with Gasteiger partial charge < -0.3 is 4.74 Å². The third kappa shape index (κ3) is 5.51. The van der Waals surface area contributed by atoms with Gasteiger partial charge in [-0.05, 0) is 71.8 Å². The van der Waals surface area contributed by atoms with Crippen LogP contribution in [-0.4, -0.2) is 5.97 Å². The normalized spacial score (nSPS) is 10.9. The van der Waals surface area contributed by atoms with Gasteiger partial charge in [-0.25, -0.2) is 13.6 Å². The summed E-state index contributed by atoms with van der Waals surface area (Å²) in [6, 6.07) is 21.1. The molecule has 0 aliphatic rings. The predicted molar refractivity (Wildman–Crippen MR) is 137 cm³/mol. The summed E-state index contributed by atoms with van der Waals surface area (Å²) in [7, 11) is 0. The van der Waals surface area contributed by atoms with Crippen molar-refractivity contribution in [2.24, 2.45) is 0 Å². The Balaban J connectivity index is 1.49. The Morgan fingerprint density at radius 2 is 1.33 bits per heavy atom. The fourth-order valence-electron chi connectivity index (χ4n) is 4.03. The van der Waals surface area contributed by atoms with Gasteiger partial charge in [0.15, 0.2) is 11.6 Å². The van der Waals surface area contributed by atoms with Crippen LogP contribution in [0.5, 0.6) is 5.75 Å². The molecule has 4 aromatic rings. The Kier molecular flexibility index (Phi) is 7.89. The maximum absolute atomic E-state index is 14.8. The number of aryl methyl sites for hydroxylation is 2. The summed E-state index contributed by atoms with van der Waals surface area (Å²) in [6.07, 6.45) is 3.69. The summed E-state index contributed by atoms with van der Waals surface area (Å²) in [5.41, 5.74) is 3.80. The Hall–Kier alpha value is -3.86. The van der Waals surface area contributed by atoms with Crippen molar-refractivity contribution in [3.8, 4) is 28.0 Å². The SMILES string of the molecule is CCCCc1ccc(-c2ccc(C(=O)Oc3ccc(-c4ccc(CC)cc4)c(F)c3F)cc2)c(F)c1. The van der Waals surface area contributed by atoms with Gasteiger partial charge in [0.2, 0.25) is 5.82 Å².